The fourth-order valence-corrected chi connectivity index (χ4v) is 2.46. The summed E-state index contributed by atoms with van der Waals surface area (Å²) in [6.45, 7) is 8.37. The van der Waals surface area contributed by atoms with E-state index in [9.17, 15) is 9.59 Å². The molecule has 29 heavy (non-hydrogen) atoms. The van der Waals surface area contributed by atoms with Gasteiger partial charge in [-0.05, 0) is 60.6 Å². The molecule has 2 amide bonds. The molecule has 2 rings (SSSR count). The molecule has 0 bridgehead atoms. The summed E-state index contributed by atoms with van der Waals surface area (Å²) in [6.07, 6.45) is 0. The van der Waals surface area contributed by atoms with Crippen molar-refractivity contribution in [2.45, 2.75) is 27.7 Å². The minimum absolute atomic E-state index is 0.0481. The Bertz CT molecular complexity index is 864. The summed E-state index contributed by atoms with van der Waals surface area (Å²) in [6, 6.07) is 14.0. The highest BCUT2D eigenvalue weighted by Gasteiger charge is 2.10. The Balaban J connectivity index is 1.91. The van der Waals surface area contributed by atoms with Crippen LogP contribution in [0.25, 0.3) is 0 Å². The van der Waals surface area contributed by atoms with E-state index in [-0.39, 0.29) is 22.8 Å². The number of benzene rings is 2. The Kier molecular flexibility index (Phi) is 8.15. The summed E-state index contributed by atoms with van der Waals surface area (Å²) < 4.78 is 5.65. The molecule has 0 fully saturated rings. The topological polar surface area (TPSA) is 79.5 Å². The van der Waals surface area contributed by atoms with Crippen molar-refractivity contribution >= 4 is 40.5 Å². The van der Waals surface area contributed by atoms with Crippen LogP contribution < -0.4 is 20.7 Å². The first kappa shape index (κ1) is 22.4. The first-order valence-electron chi connectivity index (χ1n) is 9.50. The van der Waals surface area contributed by atoms with Gasteiger partial charge in [0.05, 0.1) is 6.61 Å². The van der Waals surface area contributed by atoms with Gasteiger partial charge in [-0.1, -0.05) is 33.8 Å². The predicted octanol–water partition coefficient (Wildman–Crippen LogP) is 4.44. The first-order valence-corrected chi connectivity index (χ1v) is 9.91. The fraction of sp³-hybridized carbons (Fsp3) is 0.318. The molecule has 0 unspecified atom stereocenters. The fourth-order valence-electron chi connectivity index (χ4n) is 2.25. The Morgan fingerprint density at radius 1 is 0.966 bits per heavy atom. The molecular weight excluding hydrogens is 386 g/mol. The molecule has 154 valence electrons. The molecule has 2 aromatic carbocycles. The number of hydrogen-bond donors (Lipinski definition) is 3. The average molecular weight is 414 g/mol. The number of carbonyl (C=O) groups is 2. The molecule has 0 radical (unpaired) electrons. The van der Waals surface area contributed by atoms with Gasteiger partial charge in [-0.25, -0.2) is 0 Å². The second-order valence-corrected chi connectivity index (χ2v) is 7.77. The quantitative estimate of drug-likeness (QED) is 0.585. The Morgan fingerprint density at radius 3 is 2.17 bits per heavy atom. The van der Waals surface area contributed by atoms with Crippen LogP contribution in [0.2, 0.25) is 0 Å². The molecule has 7 heteroatoms. The summed E-state index contributed by atoms with van der Waals surface area (Å²) in [5, 5.41) is 8.61. The second kappa shape index (κ2) is 10.6. The summed E-state index contributed by atoms with van der Waals surface area (Å²) in [5.41, 5.74) is 1.86. The van der Waals surface area contributed by atoms with E-state index in [1.165, 1.54) is 0 Å². The Morgan fingerprint density at radius 2 is 1.59 bits per heavy atom. The van der Waals surface area contributed by atoms with Crippen LogP contribution in [-0.2, 0) is 4.79 Å². The van der Waals surface area contributed by atoms with Crippen molar-refractivity contribution in [2.75, 3.05) is 17.2 Å². The van der Waals surface area contributed by atoms with Crippen LogP contribution in [0.15, 0.2) is 48.5 Å². The lowest BCUT2D eigenvalue weighted by molar-refractivity contribution is -0.118. The van der Waals surface area contributed by atoms with Crippen LogP contribution in [0, 0.1) is 11.8 Å². The lowest BCUT2D eigenvalue weighted by atomic mass is 10.2. The molecule has 0 aliphatic carbocycles. The first-order chi connectivity index (χ1) is 13.7. The van der Waals surface area contributed by atoms with Gasteiger partial charge in [0, 0.05) is 22.9 Å². The van der Waals surface area contributed by atoms with Crippen molar-refractivity contribution in [3.8, 4) is 5.75 Å². The number of nitrogens with one attached hydrogen (secondary N) is 3. The number of amides is 2. The van der Waals surface area contributed by atoms with Gasteiger partial charge < -0.3 is 15.4 Å². The van der Waals surface area contributed by atoms with Gasteiger partial charge in [-0.15, -0.1) is 0 Å². The van der Waals surface area contributed by atoms with E-state index in [0.29, 0.717) is 35.2 Å². The van der Waals surface area contributed by atoms with Crippen molar-refractivity contribution in [3.05, 3.63) is 54.1 Å². The molecule has 0 saturated heterocycles. The van der Waals surface area contributed by atoms with Crippen LogP contribution >= 0.6 is 12.2 Å². The minimum atomic E-state index is -0.321. The zero-order chi connectivity index (χ0) is 21.4. The van der Waals surface area contributed by atoms with Gasteiger partial charge in [0.15, 0.2) is 5.11 Å². The van der Waals surface area contributed by atoms with E-state index in [2.05, 4.69) is 29.8 Å². The van der Waals surface area contributed by atoms with Gasteiger partial charge in [0.2, 0.25) is 5.91 Å². The number of carbonyl (C=O) groups excluding carboxylic acids is 2. The van der Waals surface area contributed by atoms with Crippen molar-refractivity contribution in [2.24, 2.45) is 11.8 Å². The largest absolute Gasteiger partial charge is 0.493 e. The molecular formula is C22H27N3O3S. The summed E-state index contributed by atoms with van der Waals surface area (Å²) in [4.78, 5) is 24.2. The maximum atomic E-state index is 12.4. The predicted molar refractivity (Wildman–Crippen MR) is 120 cm³/mol. The van der Waals surface area contributed by atoms with Crippen molar-refractivity contribution in [1.82, 2.24) is 5.32 Å². The van der Waals surface area contributed by atoms with Crippen molar-refractivity contribution < 1.29 is 14.3 Å². The maximum Gasteiger partial charge on any atom is 0.257 e. The van der Waals surface area contributed by atoms with E-state index in [1.807, 2.05) is 19.9 Å². The highest BCUT2D eigenvalue weighted by molar-refractivity contribution is 7.80. The third-order valence-corrected chi connectivity index (χ3v) is 4.05. The smallest absolute Gasteiger partial charge is 0.257 e. The van der Waals surface area contributed by atoms with Crippen LogP contribution in [0.5, 0.6) is 5.75 Å². The van der Waals surface area contributed by atoms with Crippen molar-refractivity contribution in [3.63, 3.8) is 0 Å². The molecule has 0 atom stereocenters. The van der Waals surface area contributed by atoms with Crippen LogP contribution in [-0.4, -0.2) is 23.5 Å². The molecule has 0 aromatic heterocycles. The highest BCUT2D eigenvalue weighted by Crippen LogP contribution is 2.16. The van der Waals surface area contributed by atoms with Gasteiger partial charge >= 0.3 is 0 Å². The van der Waals surface area contributed by atoms with Crippen molar-refractivity contribution in [1.29, 1.82) is 0 Å². The van der Waals surface area contributed by atoms with Crippen LogP contribution in [0.4, 0.5) is 11.4 Å². The summed E-state index contributed by atoms with van der Waals surface area (Å²) >= 11 is 5.22. The summed E-state index contributed by atoms with van der Waals surface area (Å²) in [7, 11) is 0. The van der Waals surface area contributed by atoms with E-state index in [4.69, 9.17) is 17.0 Å². The minimum Gasteiger partial charge on any atom is -0.493 e. The van der Waals surface area contributed by atoms with E-state index in [0.717, 1.165) is 0 Å². The van der Waals surface area contributed by atoms with Gasteiger partial charge in [0.25, 0.3) is 5.91 Å². The number of ether oxygens (including phenoxy) is 1. The number of rotatable bonds is 7. The van der Waals surface area contributed by atoms with E-state index in [1.54, 1.807) is 42.5 Å². The van der Waals surface area contributed by atoms with E-state index >= 15 is 0 Å². The molecule has 3 N–H and O–H groups in total. The highest BCUT2D eigenvalue weighted by atomic mass is 32.1. The number of hydrogen-bond acceptors (Lipinski definition) is 4. The average Bonchev–Trinajstić information content (AvgIpc) is 2.68. The standard InChI is InChI=1S/C22H27N3O3S/c1-14(2)13-28-19-7-5-6-16(12-19)21(27)25-22(29)24-18-10-8-17(9-11-18)23-20(26)15(3)4/h5-12,14-15H,13H2,1-4H3,(H,23,26)(H2,24,25,27,29). The number of thiocarbonyl (C=S) groups is 1. The molecule has 0 saturated carbocycles. The Labute approximate surface area is 177 Å². The lowest BCUT2D eigenvalue weighted by Gasteiger charge is -2.12. The zero-order valence-electron chi connectivity index (χ0n) is 17.1. The summed E-state index contributed by atoms with van der Waals surface area (Å²) in [5.74, 6) is 0.579. The van der Waals surface area contributed by atoms with Crippen LogP contribution in [0.3, 0.4) is 0 Å². The molecule has 2 aromatic rings. The molecule has 6 nitrogen and oxygen atoms in total. The molecule has 0 heterocycles. The normalized spacial score (nSPS) is 10.6. The zero-order valence-corrected chi connectivity index (χ0v) is 17.9. The Hall–Kier alpha value is -2.93. The maximum absolute atomic E-state index is 12.4. The SMILES string of the molecule is CC(C)COc1cccc(C(=O)NC(=S)Nc2ccc(NC(=O)C(C)C)cc2)c1. The lowest BCUT2D eigenvalue weighted by Crippen LogP contribution is -2.34. The van der Waals surface area contributed by atoms with Gasteiger partial charge in [-0.2, -0.15) is 0 Å². The monoisotopic (exact) mass is 413 g/mol. The van der Waals surface area contributed by atoms with Crippen LogP contribution in [0.1, 0.15) is 38.1 Å². The van der Waals surface area contributed by atoms with Gasteiger partial charge in [0.1, 0.15) is 5.75 Å². The molecule has 0 aliphatic heterocycles. The van der Waals surface area contributed by atoms with E-state index < -0.39 is 0 Å². The third-order valence-electron chi connectivity index (χ3n) is 3.84. The number of anilines is 2. The second-order valence-electron chi connectivity index (χ2n) is 7.36. The molecule has 0 spiro atoms. The van der Waals surface area contributed by atoms with Gasteiger partial charge in [-0.3, -0.25) is 14.9 Å². The third kappa shape index (κ3) is 7.54. The molecule has 0 aliphatic rings.